The Hall–Kier alpha value is -3.59. The Morgan fingerprint density at radius 1 is 1.00 bits per heavy atom. The highest BCUT2D eigenvalue weighted by molar-refractivity contribution is 6.23. The second-order valence-electron chi connectivity index (χ2n) is 7.43. The van der Waals surface area contributed by atoms with Gasteiger partial charge in [-0.15, -0.1) is 0 Å². The van der Waals surface area contributed by atoms with Gasteiger partial charge in [0.25, 0.3) is 11.8 Å². The molecular formula is C23H24N2O9. The molecule has 11 heteroatoms. The number of benzene rings is 1. The number of nitrogens with one attached hydrogen (secondary N) is 1. The van der Waals surface area contributed by atoms with Crippen LogP contribution < -0.4 is 5.32 Å². The number of piperidine rings is 1. The molecule has 1 aromatic carbocycles. The van der Waals surface area contributed by atoms with Crippen molar-refractivity contribution >= 4 is 29.6 Å². The van der Waals surface area contributed by atoms with Crippen LogP contribution in [0.3, 0.4) is 0 Å². The van der Waals surface area contributed by atoms with Crippen molar-refractivity contribution in [2.24, 2.45) is 0 Å². The van der Waals surface area contributed by atoms with Crippen LogP contribution in [-0.2, 0) is 28.6 Å². The van der Waals surface area contributed by atoms with Gasteiger partial charge in [-0.1, -0.05) is 11.8 Å². The summed E-state index contributed by atoms with van der Waals surface area (Å²) in [6, 6.07) is 3.60. The summed E-state index contributed by atoms with van der Waals surface area (Å²) >= 11 is 0. The number of fused-ring (bicyclic) bond motifs is 1. The molecule has 1 unspecified atom stereocenters. The molecule has 0 bridgehead atoms. The summed E-state index contributed by atoms with van der Waals surface area (Å²) in [5.74, 6) is 2.54. The van der Waals surface area contributed by atoms with Crippen LogP contribution >= 0.6 is 0 Å². The molecule has 34 heavy (non-hydrogen) atoms. The molecule has 11 nitrogen and oxygen atoms in total. The quantitative estimate of drug-likeness (QED) is 0.257. The first-order chi connectivity index (χ1) is 16.4. The number of aliphatic carboxylic acids is 1. The lowest BCUT2D eigenvalue weighted by Crippen LogP contribution is -2.54. The van der Waals surface area contributed by atoms with E-state index in [1.54, 1.807) is 6.07 Å². The van der Waals surface area contributed by atoms with Crippen molar-refractivity contribution in [3.05, 3.63) is 34.9 Å². The summed E-state index contributed by atoms with van der Waals surface area (Å²) in [5, 5.41) is 10.6. The van der Waals surface area contributed by atoms with Gasteiger partial charge in [-0.05, 0) is 24.6 Å². The van der Waals surface area contributed by atoms with Gasteiger partial charge in [-0.2, -0.15) is 0 Å². The summed E-state index contributed by atoms with van der Waals surface area (Å²) in [5.41, 5.74) is 0.880. The largest absolute Gasteiger partial charge is 0.481 e. The molecule has 0 spiro atoms. The van der Waals surface area contributed by atoms with Gasteiger partial charge in [-0.3, -0.25) is 34.2 Å². The number of carbonyl (C=O) groups excluding carboxylic acids is 4. The minimum absolute atomic E-state index is 0.0471. The fourth-order valence-corrected chi connectivity index (χ4v) is 3.41. The van der Waals surface area contributed by atoms with Gasteiger partial charge in [0.05, 0.1) is 50.6 Å². The molecule has 0 saturated carbocycles. The Morgan fingerprint density at radius 3 is 2.38 bits per heavy atom. The SMILES string of the molecule is O=C(O)CCOCCOCCOCC#Cc1ccc2c(c1)C(=O)N(C1CCC(=O)NC1=O)C2=O. The van der Waals surface area contributed by atoms with E-state index in [2.05, 4.69) is 17.2 Å². The van der Waals surface area contributed by atoms with Crippen molar-refractivity contribution in [2.75, 3.05) is 39.6 Å². The van der Waals surface area contributed by atoms with Gasteiger partial charge in [0, 0.05) is 12.0 Å². The monoisotopic (exact) mass is 472 g/mol. The van der Waals surface area contributed by atoms with E-state index in [0.29, 0.717) is 32.0 Å². The van der Waals surface area contributed by atoms with Crippen molar-refractivity contribution in [3.8, 4) is 11.8 Å². The van der Waals surface area contributed by atoms with E-state index in [9.17, 15) is 24.0 Å². The van der Waals surface area contributed by atoms with Crippen LogP contribution in [0.4, 0.5) is 0 Å². The summed E-state index contributed by atoms with van der Waals surface area (Å²) in [7, 11) is 0. The van der Waals surface area contributed by atoms with E-state index in [4.69, 9.17) is 19.3 Å². The van der Waals surface area contributed by atoms with Crippen molar-refractivity contribution in [1.82, 2.24) is 10.2 Å². The number of ether oxygens (including phenoxy) is 3. The molecule has 2 aliphatic heterocycles. The van der Waals surface area contributed by atoms with Crippen molar-refractivity contribution in [1.29, 1.82) is 0 Å². The number of hydrogen-bond acceptors (Lipinski definition) is 8. The summed E-state index contributed by atoms with van der Waals surface area (Å²) in [4.78, 5) is 60.2. The maximum atomic E-state index is 12.8. The highest BCUT2D eigenvalue weighted by Gasteiger charge is 2.44. The van der Waals surface area contributed by atoms with Crippen LogP contribution in [0.15, 0.2) is 18.2 Å². The molecule has 2 aliphatic rings. The molecule has 1 fully saturated rings. The Kier molecular flexibility index (Phi) is 8.86. The minimum atomic E-state index is -1.01. The molecule has 3 rings (SSSR count). The number of carboxylic acids is 1. The van der Waals surface area contributed by atoms with Crippen LogP contribution in [0.1, 0.15) is 45.5 Å². The third-order valence-electron chi connectivity index (χ3n) is 5.05. The van der Waals surface area contributed by atoms with Crippen molar-refractivity contribution in [2.45, 2.75) is 25.3 Å². The molecule has 0 aromatic heterocycles. The van der Waals surface area contributed by atoms with Gasteiger partial charge >= 0.3 is 5.97 Å². The Morgan fingerprint density at radius 2 is 1.68 bits per heavy atom. The van der Waals surface area contributed by atoms with Gasteiger partial charge in [0.15, 0.2) is 0 Å². The third-order valence-corrected chi connectivity index (χ3v) is 5.05. The van der Waals surface area contributed by atoms with Gasteiger partial charge in [0.1, 0.15) is 12.6 Å². The molecular weight excluding hydrogens is 448 g/mol. The topological polar surface area (TPSA) is 149 Å². The van der Waals surface area contributed by atoms with Crippen LogP contribution in [-0.4, -0.2) is 85.3 Å². The number of hydrogen-bond donors (Lipinski definition) is 2. The van der Waals surface area contributed by atoms with Crippen molar-refractivity contribution < 1.29 is 43.3 Å². The number of amides is 4. The van der Waals surface area contributed by atoms with Gasteiger partial charge in [0.2, 0.25) is 11.8 Å². The van der Waals surface area contributed by atoms with E-state index < -0.39 is 35.6 Å². The second-order valence-corrected chi connectivity index (χ2v) is 7.43. The van der Waals surface area contributed by atoms with E-state index in [0.717, 1.165) is 4.90 Å². The molecule has 2 heterocycles. The number of nitrogens with zero attached hydrogens (tertiary/aromatic N) is 1. The summed E-state index contributed by atoms with van der Waals surface area (Å²) in [6.45, 7) is 1.53. The number of imide groups is 2. The highest BCUT2D eigenvalue weighted by Crippen LogP contribution is 2.28. The second kappa shape index (κ2) is 12.0. The number of rotatable bonds is 11. The first-order valence-corrected chi connectivity index (χ1v) is 10.7. The molecule has 4 amide bonds. The maximum absolute atomic E-state index is 12.8. The number of carbonyl (C=O) groups is 5. The van der Waals surface area contributed by atoms with Crippen LogP contribution in [0.25, 0.3) is 0 Å². The van der Waals surface area contributed by atoms with E-state index in [-0.39, 0.29) is 43.6 Å². The lowest BCUT2D eigenvalue weighted by Gasteiger charge is -2.27. The molecule has 180 valence electrons. The summed E-state index contributed by atoms with van der Waals surface area (Å²) < 4.78 is 15.7. The normalized spacial score (nSPS) is 17.3. The lowest BCUT2D eigenvalue weighted by molar-refractivity contribution is -0.138. The molecule has 1 saturated heterocycles. The zero-order valence-corrected chi connectivity index (χ0v) is 18.3. The Bertz CT molecular complexity index is 1040. The Labute approximate surface area is 195 Å². The molecule has 1 aromatic rings. The van der Waals surface area contributed by atoms with E-state index in [1.165, 1.54) is 12.1 Å². The fraction of sp³-hybridized carbons (Fsp3) is 0.435. The molecule has 2 N–H and O–H groups in total. The van der Waals surface area contributed by atoms with Gasteiger partial charge in [-0.25, -0.2) is 0 Å². The third kappa shape index (κ3) is 6.48. The smallest absolute Gasteiger partial charge is 0.305 e. The van der Waals surface area contributed by atoms with Gasteiger partial charge < -0.3 is 19.3 Å². The van der Waals surface area contributed by atoms with E-state index >= 15 is 0 Å². The standard InChI is InChI=1S/C23H24N2O9/c26-19-6-5-18(21(29)24-19)25-22(30)16-4-3-15(14-17(16)23(25)31)2-1-8-32-10-12-34-13-11-33-9-7-20(27)28/h3-4,14,18H,5-13H2,(H,27,28)(H,24,26,29). The van der Waals surface area contributed by atoms with Crippen molar-refractivity contribution in [3.63, 3.8) is 0 Å². The first-order valence-electron chi connectivity index (χ1n) is 10.7. The average Bonchev–Trinajstić information content (AvgIpc) is 3.04. The van der Waals surface area contributed by atoms with Crippen LogP contribution in [0.2, 0.25) is 0 Å². The summed E-state index contributed by atoms with van der Waals surface area (Å²) in [6.07, 6.45) is 0.113. The average molecular weight is 472 g/mol. The first kappa shape index (κ1) is 25.0. The zero-order valence-electron chi connectivity index (χ0n) is 18.3. The predicted octanol–water partition coefficient (Wildman–Crippen LogP) is -0.0362. The lowest BCUT2D eigenvalue weighted by atomic mass is 10.0. The molecule has 0 aliphatic carbocycles. The fourth-order valence-electron chi connectivity index (χ4n) is 3.41. The minimum Gasteiger partial charge on any atom is -0.481 e. The maximum Gasteiger partial charge on any atom is 0.305 e. The molecule has 1 atom stereocenters. The highest BCUT2D eigenvalue weighted by atomic mass is 16.5. The van der Waals surface area contributed by atoms with Crippen LogP contribution in [0, 0.1) is 11.8 Å². The zero-order chi connectivity index (χ0) is 24.5. The Balaban J connectivity index is 1.42. The predicted molar refractivity (Wildman–Crippen MR) is 115 cm³/mol. The van der Waals surface area contributed by atoms with E-state index in [1.807, 2.05) is 0 Å². The number of carboxylic acid groups (broad SMARTS) is 1. The molecule has 0 radical (unpaired) electrons. The van der Waals surface area contributed by atoms with Crippen LogP contribution in [0.5, 0.6) is 0 Å².